The highest BCUT2D eigenvalue weighted by molar-refractivity contribution is 5.93. The van der Waals surface area contributed by atoms with Crippen LogP contribution in [0.15, 0.2) is 36.7 Å². The molecule has 8 heteroatoms. The summed E-state index contributed by atoms with van der Waals surface area (Å²) in [6.45, 7) is 4.29. The molecule has 0 unspecified atom stereocenters. The van der Waals surface area contributed by atoms with Crippen LogP contribution in [0.25, 0.3) is 0 Å². The number of aromatic nitrogens is 2. The fraction of sp³-hybridized carbons (Fsp3) is 0.571. The monoisotopic (exact) mass is 490 g/mol. The Balaban J connectivity index is 1.06. The van der Waals surface area contributed by atoms with Crippen molar-refractivity contribution in [3.05, 3.63) is 36.7 Å². The number of anilines is 4. The zero-order chi connectivity index (χ0) is 24.7. The molecule has 2 aromatic rings. The number of piperidine rings is 2. The van der Waals surface area contributed by atoms with Gasteiger partial charge in [0.2, 0.25) is 11.8 Å². The first-order valence-corrected chi connectivity index (χ1v) is 13.7. The van der Waals surface area contributed by atoms with E-state index in [4.69, 9.17) is 0 Å². The van der Waals surface area contributed by atoms with Crippen molar-refractivity contribution >= 4 is 34.8 Å². The van der Waals surface area contributed by atoms with Crippen LogP contribution in [0.5, 0.6) is 0 Å². The topological polar surface area (TPSA) is 90.5 Å². The average Bonchev–Trinajstić information content (AvgIpc) is 2.95. The molecular formula is C28H38N6O2. The maximum absolute atomic E-state index is 12.8. The van der Waals surface area contributed by atoms with Gasteiger partial charge in [0, 0.05) is 38.0 Å². The summed E-state index contributed by atoms with van der Waals surface area (Å²) in [7, 11) is 0. The van der Waals surface area contributed by atoms with Crippen LogP contribution in [-0.2, 0) is 9.59 Å². The van der Waals surface area contributed by atoms with Crippen molar-refractivity contribution in [2.24, 2.45) is 11.8 Å². The first-order chi connectivity index (χ1) is 17.7. The molecule has 0 radical (unpaired) electrons. The summed E-state index contributed by atoms with van der Waals surface area (Å²) in [6.07, 6.45) is 14.0. The predicted molar refractivity (Wildman–Crippen MR) is 143 cm³/mol. The molecule has 0 aromatic carbocycles. The van der Waals surface area contributed by atoms with Crippen LogP contribution < -0.4 is 20.4 Å². The van der Waals surface area contributed by atoms with Gasteiger partial charge in [-0.05, 0) is 88.5 Å². The van der Waals surface area contributed by atoms with Crippen molar-refractivity contribution in [1.29, 1.82) is 0 Å². The first kappa shape index (κ1) is 24.5. The summed E-state index contributed by atoms with van der Waals surface area (Å²) < 4.78 is 0. The molecule has 1 aliphatic carbocycles. The Morgan fingerprint density at radius 3 is 1.33 bits per heavy atom. The van der Waals surface area contributed by atoms with Gasteiger partial charge in [-0.3, -0.25) is 9.59 Å². The molecule has 36 heavy (non-hydrogen) atoms. The van der Waals surface area contributed by atoms with Crippen molar-refractivity contribution < 1.29 is 9.59 Å². The first-order valence-electron chi connectivity index (χ1n) is 13.7. The zero-order valence-corrected chi connectivity index (χ0v) is 21.1. The standard InChI is InChI=1S/C28H38N6O2/c35-27(31-25-13-11-23(19-29-25)33-15-3-1-4-16-33)21-7-9-22(10-8-21)28(36)32-26-14-12-24(20-30-26)34-17-5-2-6-18-34/h11-14,19-22H,1-10,15-18H2,(H,29,31,35)(H,30,32,36). The highest BCUT2D eigenvalue weighted by atomic mass is 16.2. The summed E-state index contributed by atoms with van der Waals surface area (Å²) in [5, 5.41) is 5.95. The van der Waals surface area contributed by atoms with Gasteiger partial charge in [-0.2, -0.15) is 0 Å². The Morgan fingerprint density at radius 2 is 1.00 bits per heavy atom. The molecule has 5 rings (SSSR count). The molecule has 2 amide bonds. The van der Waals surface area contributed by atoms with E-state index in [9.17, 15) is 9.59 Å². The second-order valence-corrected chi connectivity index (χ2v) is 10.4. The van der Waals surface area contributed by atoms with E-state index in [2.05, 4.69) is 30.4 Å². The van der Waals surface area contributed by atoms with E-state index in [-0.39, 0.29) is 23.7 Å². The molecular weight excluding hydrogens is 452 g/mol. The maximum atomic E-state index is 12.8. The molecule has 1 saturated carbocycles. The fourth-order valence-electron chi connectivity index (χ4n) is 5.67. The van der Waals surface area contributed by atoms with Gasteiger partial charge in [-0.1, -0.05) is 0 Å². The molecule has 0 spiro atoms. The van der Waals surface area contributed by atoms with Crippen LogP contribution >= 0.6 is 0 Å². The third-order valence-corrected chi connectivity index (χ3v) is 7.91. The predicted octanol–water partition coefficient (Wildman–Crippen LogP) is 4.84. The summed E-state index contributed by atoms with van der Waals surface area (Å²) >= 11 is 0. The summed E-state index contributed by atoms with van der Waals surface area (Å²) in [5.41, 5.74) is 2.24. The van der Waals surface area contributed by atoms with Gasteiger partial charge in [0.1, 0.15) is 11.6 Å². The number of nitrogens with one attached hydrogen (secondary N) is 2. The maximum Gasteiger partial charge on any atom is 0.228 e. The molecule has 0 atom stereocenters. The summed E-state index contributed by atoms with van der Waals surface area (Å²) in [6, 6.07) is 7.87. The number of amides is 2. The van der Waals surface area contributed by atoms with Crippen molar-refractivity contribution in [3.8, 4) is 0 Å². The minimum Gasteiger partial charge on any atom is -0.370 e. The van der Waals surface area contributed by atoms with Gasteiger partial charge >= 0.3 is 0 Å². The van der Waals surface area contributed by atoms with E-state index in [1.54, 1.807) is 0 Å². The number of pyridine rings is 2. The Labute approximate surface area is 213 Å². The van der Waals surface area contributed by atoms with Crippen LogP contribution in [0.2, 0.25) is 0 Å². The molecule has 3 fully saturated rings. The summed E-state index contributed by atoms with van der Waals surface area (Å²) in [5.74, 6) is 1.03. The second kappa shape index (κ2) is 11.7. The van der Waals surface area contributed by atoms with Gasteiger partial charge in [0.15, 0.2) is 0 Å². The van der Waals surface area contributed by atoms with Crippen molar-refractivity contribution in [3.63, 3.8) is 0 Å². The molecule has 8 nitrogen and oxygen atoms in total. The van der Waals surface area contributed by atoms with Crippen molar-refractivity contribution in [2.45, 2.75) is 64.2 Å². The van der Waals surface area contributed by atoms with Gasteiger partial charge in [0.25, 0.3) is 0 Å². The Bertz CT molecular complexity index is 922. The third kappa shape index (κ3) is 6.15. The van der Waals surface area contributed by atoms with Crippen molar-refractivity contribution in [2.75, 3.05) is 46.6 Å². The Kier molecular flexibility index (Phi) is 7.98. The van der Waals surface area contributed by atoms with Crippen LogP contribution in [0.4, 0.5) is 23.0 Å². The van der Waals surface area contributed by atoms with E-state index >= 15 is 0 Å². The average molecular weight is 491 g/mol. The molecule has 2 saturated heterocycles. The van der Waals surface area contributed by atoms with Gasteiger partial charge in [0.05, 0.1) is 23.8 Å². The molecule has 4 heterocycles. The highest BCUT2D eigenvalue weighted by Crippen LogP contribution is 2.31. The third-order valence-electron chi connectivity index (χ3n) is 7.91. The minimum absolute atomic E-state index is 0.00190. The molecule has 3 aliphatic rings. The number of nitrogens with zero attached hydrogens (tertiary/aromatic N) is 4. The van der Waals surface area contributed by atoms with E-state index in [0.29, 0.717) is 37.3 Å². The van der Waals surface area contributed by atoms with E-state index in [0.717, 1.165) is 37.6 Å². The normalized spacial score (nSPS) is 22.7. The zero-order valence-electron chi connectivity index (χ0n) is 21.1. The smallest absolute Gasteiger partial charge is 0.228 e. The SMILES string of the molecule is O=C(Nc1ccc(N2CCCCC2)cn1)C1CCC(C(=O)Nc2ccc(N3CCCCC3)cn2)CC1. The van der Waals surface area contributed by atoms with Crippen molar-refractivity contribution in [1.82, 2.24) is 9.97 Å². The minimum atomic E-state index is -0.0837. The highest BCUT2D eigenvalue weighted by Gasteiger charge is 2.30. The number of hydrogen-bond donors (Lipinski definition) is 2. The Hall–Kier alpha value is -3.16. The Morgan fingerprint density at radius 1 is 0.611 bits per heavy atom. The van der Waals surface area contributed by atoms with Gasteiger partial charge in [-0.15, -0.1) is 0 Å². The molecule has 0 bridgehead atoms. The van der Waals surface area contributed by atoms with Crippen LogP contribution in [0, 0.1) is 11.8 Å². The lowest BCUT2D eigenvalue weighted by Crippen LogP contribution is -2.32. The molecule has 2 aromatic heterocycles. The number of rotatable bonds is 6. The van der Waals surface area contributed by atoms with Crippen LogP contribution in [-0.4, -0.2) is 48.0 Å². The van der Waals surface area contributed by atoms with Gasteiger partial charge < -0.3 is 20.4 Å². The largest absolute Gasteiger partial charge is 0.370 e. The second-order valence-electron chi connectivity index (χ2n) is 10.4. The molecule has 2 N–H and O–H groups in total. The van der Waals surface area contributed by atoms with Crippen LogP contribution in [0.1, 0.15) is 64.2 Å². The molecule has 2 aliphatic heterocycles. The number of carbonyl (C=O) groups is 2. The van der Waals surface area contributed by atoms with E-state index < -0.39 is 0 Å². The van der Waals surface area contributed by atoms with Gasteiger partial charge in [-0.25, -0.2) is 9.97 Å². The summed E-state index contributed by atoms with van der Waals surface area (Å²) in [4.78, 5) is 39.3. The lowest BCUT2D eigenvalue weighted by molar-refractivity contribution is -0.125. The molecule has 192 valence electrons. The fourth-order valence-corrected chi connectivity index (χ4v) is 5.67. The lowest BCUT2D eigenvalue weighted by Gasteiger charge is -2.29. The van der Waals surface area contributed by atoms with E-state index in [1.165, 1.54) is 38.5 Å². The quantitative estimate of drug-likeness (QED) is 0.602. The van der Waals surface area contributed by atoms with E-state index in [1.807, 2.05) is 36.7 Å². The number of hydrogen-bond acceptors (Lipinski definition) is 6. The lowest BCUT2D eigenvalue weighted by atomic mass is 9.81. The number of carbonyl (C=O) groups excluding carboxylic acids is 2. The van der Waals surface area contributed by atoms with Crippen LogP contribution in [0.3, 0.4) is 0 Å².